The molecule has 0 amide bonds. The molecule has 1 saturated heterocycles. The molecule has 88 valence electrons. The molecular formula is C13H21N3. The molecule has 1 aromatic rings. The SMILES string of the molecule is c1cc(C2CCCC2)n(C2CCNCC2)n1. The molecule has 2 aliphatic rings. The topological polar surface area (TPSA) is 29.9 Å². The van der Waals surface area contributed by atoms with Gasteiger partial charge in [0.2, 0.25) is 0 Å². The minimum absolute atomic E-state index is 0.645. The van der Waals surface area contributed by atoms with Crippen molar-refractivity contribution in [2.75, 3.05) is 13.1 Å². The minimum Gasteiger partial charge on any atom is -0.317 e. The number of piperidine rings is 1. The number of nitrogens with one attached hydrogen (secondary N) is 1. The lowest BCUT2D eigenvalue weighted by molar-refractivity contribution is 0.330. The van der Waals surface area contributed by atoms with Crippen molar-refractivity contribution in [3.05, 3.63) is 18.0 Å². The first kappa shape index (κ1) is 10.3. The molecule has 16 heavy (non-hydrogen) atoms. The maximum Gasteiger partial charge on any atom is 0.0546 e. The van der Waals surface area contributed by atoms with Gasteiger partial charge >= 0.3 is 0 Å². The van der Waals surface area contributed by atoms with E-state index < -0.39 is 0 Å². The van der Waals surface area contributed by atoms with Crippen LogP contribution in [-0.2, 0) is 0 Å². The molecule has 1 aromatic heterocycles. The zero-order valence-electron chi connectivity index (χ0n) is 9.86. The summed E-state index contributed by atoms with van der Waals surface area (Å²) in [4.78, 5) is 0. The zero-order chi connectivity index (χ0) is 10.8. The Hall–Kier alpha value is -0.830. The predicted molar refractivity (Wildman–Crippen MR) is 64.6 cm³/mol. The van der Waals surface area contributed by atoms with Crippen LogP contribution in [0.1, 0.15) is 56.2 Å². The molecule has 0 spiro atoms. The first-order chi connectivity index (χ1) is 7.95. The standard InChI is InChI=1S/C13H21N3/c1-2-4-11(3-1)13-7-10-15-16(13)12-5-8-14-9-6-12/h7,10-12,14H,1-6,8-9H2. The van der Waals surface area contributed by atoms with E-state index in [-0.39, 0.29) is 0 Å². The first-order valence-corrected chi connectivity index (χ1v) is 6.69. The quantitative estimate of drug-likeness (QED) is 0.828. The Morgan fingerprint density at radius 1 is 1.12 bits per heavy atom. The number of rotatable bonds is 2. The van der Waals surface area contributed by atoms with Crippen LogP contribution in [0.15, 0.2) is 12.3 Å². The van der Waals surface area contributed by atoms with E-state index in [2.05, 4.69) is 21.2 Å². The van der Waals surface area contributed by atoms with Gasteiger partial charge in [0.1, 0.15) is 0 Å². The lowest BCUT2D eigenvalue weighted by atomic mass is 10.0. The molecule has 3 rings (SSSR count). The lowest BCUT2D eigenvalue weighted by Gasteiger charge is -2.26. The van der Waals surface area contributed by atoms with Crippen LogP contribution in [0.4, 0.5) is 0 Å². The van der Waals surface area contributed by atoms with E-state index in [4.69, 9.17) is 0 Å². The molecule has 0 atom stereocenters. The monoisotopic (exact) mass is 219 g/mol. The summed E-state index contributed by atoms with van der Waals surface area (Å²) >= 11 is 0. The summed E-state index contributed by atoms with van der Waals surface area (Å²) in [5, 5.41) is 8.00. The Morgan fingerprint density at radius 3 is 2.62 bits per heavy atom. The van der Waals surface area contributed by atoms with E-state index in [1.54, 1.807) is 0 Å². The van der Waals surface area contributed by atoms with Gasteiger partial charge in [-0.3, -0.25) is 4.68 Å². The van der Waals surface area contributed by atoms with Crippen molar-refractivity contribution in [1.82, 2.24) is 15.1 Å². The van der Waals surface area contributed by atoms with Crippen molar-refractivity contribution in [1.29, 1.82) is 0 Å². The van der Waals surface area contributed by atoms with Crippen molar-refractivity contribution in [3.63, 3.8) is 0 Å². The van der Waals surface area contributed by atoms with E-state index >= 15 is 0 Å². The van der Waals surface area contributed by atoms with Gasteiger partial charge < -0.3 is 5.32 Å². The lowest BCUT2D eigenvalue weighted by Crippen LogP contribution is -2.30. The highest BCUT2D eigenvalue weighted by atomic mass is 15.3. The molecule has 2 heterocycles. The van der Waals surface area contributed by atoms with Crippen molar-refractivity contribution < 1.29 is 0 Å². The Bertz CT molecular complexity index is 333. The summed E-state index contributed by atoms with van der Waals surface area (Å²) in [6, 6.07) is 2.89. The summed E-state index contributed by atoms with van der Waals surface area (Å²) in [6.45, 7) is 2.29. The fourth-order valence-electron chi connectivity index (χ4n) is 3.23. The molecule has 1 N–H and O–H groups in total. The van der Waals surface area contributed by atoms with Gasteiger partial charge in [0.25, 0.3) is 0 Å². The Labute approximate surface area is 97.2 Å². The third kappa shape index (κ3) is 1.88. The van der Waals surface area contributed by atoms with Crippen LogP contribution in [-0.4, -0.2) is 22.9 Å². The highest BCUT2D eigenvalue weighted by molar-refractivity contribution is 5.10. The van der Waals surface area contributed by atoms with E-state index in [1.807, 2.05) is 6.20 Å². The maximum absolute atomic E-state index is 4.57. The van der Waals surface area contributed by atoms with Crippen molar-refractivity contribution in [3.8, 4) is 0 Å². The Kier molecular flexibility index (Phi) is 2.96. The van der Waals surface area contributed by atoms with Gasteiger partial charge in [0.15, 0.2) is 0 Å². The normalized spacial score (nSPS) is 24.0. The van der Waals surface area contributed by atoms with Gasteiger partial charge in [-0.25, -0.2) is 0 Å². The fourth-order valence-corrected chi connectivity index (χ4v) is 3.23. The summed E-state index contributed by atoms with van der Waals surface area (Å²) < 4.78 is 2.33. The molecule has 0 unspecified atom stereocenters. The summed E-state index contributed by atoms with van der Waals surface area (Å²) in [5.74, 6) is 0.789. The van der Waals surface area contributed by atoms with Gasteiger partial charge in [-0.15, -0.1) is 0 Å². The summed E-state index contributed by atoms with van der Waals surface area (Å²) in [7, 11) is 0. The molecule has 1 aliphatic carbocycles. The van der Waals surface area contributed by atoms with Crippen LogP contribution in [0, 0.1) is 0 Å². The highest BCUT2D eigenvalue weighted by Crippen LogP contribution is 2.35. The number of hydrogen-bond donors (Lipinski definition) is 1. The van der Waals surface area contributed by atoms with Crippen LogP contribution in [0.2, 0.25) is 0 Å². The second kappa shape index (κ2) is 4.58. The molecule has 1 saturated carbocycles. The van der Waals surface area contributed by atoms with Gasteiger partial charge in [-0.05, 0) is 44.8 Å². The van der Waals surface area contributed by atoms with E-state index in [1.165, 1.54) is 44.2 Å². The maximum atomic E-state index is 4.57. The number of nitrogens with zero attached hydrogens (tertiary/aromatic N) is 2. The zero-order valence-corrected chi connectivity index (χ0v) is 9.86. The van der Waals surface area contributed by atoms with Gasteiger partial charge in [0, 0.05) is 17.8 Å². The molecule has 0 radical (unpaired) electrons. The first-order valence-electron chi connectivity index (χ1n) is 6.69. The molecular weight excluding hydrogens is 198 g/mol. The van der Waals surface area contributed by atoms with Crippen LogP contribution in [0.25, 0.3) is 0 Å². The van der Waals surface area contributed by atoms with Crippen LogP contribution in [0.3, 0.4) is 0 Å². The third-order valence-electron chi connectivity index (χ3n) is 4.13. The average Bonchev–Trinajstić information content (AvgIpc) is 3.01. The van der Waals surface area contributed by atoms with E-state index in [0.29, 0.717) is 6.04 Å². The second-order valence-corrected chi connectivity index (χ2v) is 5.16. The summed E-state index contributed by atoms with van der Waals surface area (Å²) in [5.41, 5.74) is 1.50. The minimum atomic E-state index is 0.645. The Balaban J connectivity index is 1.80. The second-order valence-electron chi connectivity index (χ2n) is 5.16. The summed E-state index contributed by atoms with van der Waals surface area (Å²) in [6.07, 6.45) is 10.0. The van der Waals surface area contributed by atoms with Crippen LogP contribution in [0.5, 0.6) is 0 Å². The van der Waals surface area contributed by atoms with Gasteiger partial charge in [0.05, 0.1) is 6.04 Å². The fraction of sp³-hybridized carbons (Fsp3) is 0.769. The predicted octanol–water partition coefficient (Wildman–Crippen LogP) is 2.47. The Morgan fingerprint density at radius 2 is 1.88 bits per heavy atom. The van der Waals surface area contributed by atoms with Crippen LogP contribution >= 0.6 is 0 Å². The molecule has 3 heteroatoms. The molecule has 3 nitrogen and oxygen atoms in total. The average molecular weight is 219 g/mol. The number of aromatic nitrogens is 2. The van der Waals surface area contributed by atoms with Crippen LogP contribution < -0.4 is 5.32 Å². The number of hydrogen-bond acceptors (Lipinski definition) is 2. The van der Waals surface area contributed by atoms with Crippen molar-refractivity contribution in [2.45, 2.75) is 50.5 Å². The molecule has 0 bridgehead atoms. The third-order valence-corrected chi connectivity index (χ3v) is 4.13. The van der Waals surface area contributed by atoms with E-state index in [9.17, 15) is 0 Å². The largest absolute Gasteiger partial charge is 0.317 e. The smallest absolute Gasteiger partial charge is 0.0546 e. The molecule has 1 aliphatic heterocycles. The van der Waals surface area contributed by atoms with Gasteiger partial charge in [-0.2, -0.15) is 5.10 Å². The van der Waals surface area contributed by atoms with Crippen molar-refractivity contribution >= 4 is 0 Å². The highest BCUT2D eigenvalue weighted by Gasteiger charge is 2.24. The van der Waals surface area contributed by atoms with E-state index in [0.717, 1.165) is 19.0 Å². The van der Waals surface area contributed by atoms with Gasteiger partial charge in [-0.1, -0.05) is 12.8 Å². The molecule has 0 aromatic carbocycles. The molecule has 2 fully saturated rings. The van der Waals surface area contributed by atoms with Crippen molar-refractivity contribution in [2.24, 2.45) is 0 Å².